The van der Waals surface area contributed by atoms with E-state index in [9.17, 15) is 87.8 Å². The molecule has 0 N–H and O–H groups in total. The minimum absolute atomic E-state index is 0.250. The molecule has 0 aliphatic carbocycles. The molecule has 3 nitrogen and oxygen atoms in total. The summed E-state index contributed by atoms with van der Waals surface area (Å²) < 4.78 is 317. The van der Waals surface area contributed by atoms with Gasteiger partial charge in [-0.2, -0.15) is 13.2 Å². The van der Waals surface area contributed by atoms with E-state index < -0.39 is 107 Å². The Kier molecular flexibility index (Phi) is 10.1. The van der Waals surface area contributed by atoms with Crippen molar-refractivity contribution >= 4 is 42.9 Å². The van der Waals surface area contributed by atoms with Gasteiger partial charge in [0.25, 0.3) is 0 Å². The molecule has 0 bridgehead atoms. The predicted molar refractivity (Wildman–Crippen MR) is 115 cm³/mol. The van der Waals surface area contributed by atoms with Crippen molar-refractivity contribution < 1.29 is 110 Å². The van der Waals surface area contributed by atoms with Gasteiger partial charge in [0.05, 0.1) is 0 Å². The van der Waals surface area contributed by atoms with Crippen LogP contribution in [0.4, 0.5) is 96.6 Å². The molecule has 48 heavy (non-hydrogen) atoms. The van der Waals surface area contributed by atoms with Crippen LogP contribution in [0.2, 0.25) is 0 Å². The minimum Gasteiger partial charge on any atom is -0.741 e. The molecule has 0 saturated heterocycles. The van der Waals surface area contributed by atoms with Gasteiger partial charge < -0.3 is 4.55 Å². The Morgan fingerprint density at radius 1 is 0.479 bits per heavy atom. The zero-order valence-electron chi connectivity index (χ0n) is 21.3. The fourth-order valence-corrected chi connectivity index (χ4v) is 8.40. The van der Waals surface area contributed by atoms with Gasteiger partial charge in [-0.3, -0.25) is 0 Å². The molecule has 0 unspecified atom stereocenters. The van der Waals surface area contributed by atoms with Crippen LogP contribution in [0.1, 0.15) is 0 Å². The predicted octanol–water partition coefficient (Wildman–Crippen LogP) is 8.99. The van der Waals surface area contributed by atoms with E-state index in [0.717, 1.165) is 0 Å². The molecule has 0 amide bonds. The average Bonchev–Trinajstić information content (AvgIpc) is 3.19. The molecule has 3 aromatic rings. The Balaban J connectivity index is 0.000000886. The van der Waals surface area contributed by atoms with E-state index in [0.29, 0.717) is 12.1 Å². The first kappa shape index (κ1) is 41.5. The summed E-state index contributed by atoms with van der Waals surface area (Å²) in [5, 5.41) is -1.71. The van der Waals surface area contributed by atoms with E-state index in [-0.39, 0.29) is 24.3 Å². The van der Waals surface area contributed by atoms with Gasteiger partial charge in [-0.05, 0) is 0 Å². The second-order valence-electron chi connectivity index (χ2n) is 8.95. The molecule has 0 saturated carbocycles. The molecule has 274 valence electrons. The van der Waals surface area contributed by atoms with Crippen LogP contribution < -0.4 is 0 Å². The van der Waals surface area contributed by atoms with E-state index in [4.69, 9.17) is 13.0 Å². The van der Waals surface area contributed by atoms with E-state index in [1.165, 1.54) is 0 Å². The Labute approximate surface area is 252 Å². The standard InChI is InChI=1S/C20H6F19Se.CHF3O3S/c21-7-1-3-11-9(5-7)10-6-8(22)2-4-12(10)40(11)20(38,39)18(33,34)16(29,30)14(25,26)13(23,24)15(27,28)17(31,32)19(35,36)37;2-1(3,4)8(5,6)7/h1-6H;(H,5,6,7)/q+1;/p-1. The van der Waals surface area contributed by atoms with Crippen molar-refractivity contribution in [3.05, 3.63) is 48.0 Å². The van der Waals surface area contributed by atoms with Gasteiger partial charge in [-0.1, -0.05) is 0 Å². The van der Waals surface area contributed by atoms with Gasteiger partial charge in [-0.25, -0.2) is 8.42 Å². The van der Waals surface area contributed by atoms with E-state index in [1.807, 2.05) is 0 Å². The second kappa shape index (κ2) is 11.7. The van der Waals surface area contributed by atoms with Gasteiger partial charge in [0.2, 0.25) is 0 Å². The summed E-state index contributed by atoms with van der Waals surface area (Å²) in [6.07, 6.45) is -7.84. The Morgan fingerprint density at radius 3 is 1.02 bits per heavy atom. The smallest absolute Gasteiger partial charge is 0.485 e. The zero-order chi connectivity index (χ0) is 38.3. The molecule has 1 heterocycles. The minimum atomic E-state index is -8.74. The molecule has 0 aliphatic rings. The Bertz CT molecular complexity index is 1730. The van der Waals surface area contributed by atoms with Crippen LogP contribution in [0.25, 0.3) is 19.3 Å². The van der Waals surface area contributed by atoms with E-state index in [1.54, 1.807) is 0 Å². The zero-order valence-corrected chi connectivity index (χ0v) is 23.9. The van der Waals surface area contributed by atoms with Crippen LogP contribution in [0.15, 0.2) is 36.4 Å². The fraction of sp³-hybridized carbons (Fsp3) is 0.429. The third-order valence-electron chi connectivity index (χ3n) is 5.85. The number of rotatable bonds is 7. The SMILES string of the molecule is Fc1ccc2c(c1)c1cc(F)ccc1[se+]2C(F)(F)C(F)(F)C(F)(F)C(F)(F)C(F)(F)C(F)(F)C(F)(F)C(F)(F)F.O=S(=O)([O-])C(F)(F)F. The van der Waals surface area contributed by atoms with Crippen molar-refractivity contribution in [2.45, 2.75) is 52.0 Å². The maximum Gasteiger partial charge on any atom is 0.485 e. The summed E-state index contributed by atoms with van der Waals surface area (Å²) in [6.45, 7) is 0. The molecule has 0 radical (unpaired) electrons. The molecular weight excluding hydrogens is 829 g/mol. The molecular formula is C21H6F22O3SSe. The van der Waals surface area contributed by atoms with Gasteiger partial charge in [0.1, 0.15) is 0 Å². The summed E-state index contributed by atoms with van der Waals surface area (Å²) in [6, 6.07) is 1.64. The quantitative estimate of drug-likeness (QED) is 0.103. The average molecular weight is 835 g/mol. The first-order chi connectivity index (χ1) is 20.9. The van der Waals surface area contributed by atoms with Crippen molar-refractivity contribution in [2.75, 3.05) is 0 Å². The first-order valence-electron chi connectivity index (χ1n) is 11.0. The molecule has 0 atom stereocenters. The van der Waals surface area contributed by atoms with Crippen LogP contribution in [-0.4, -0.2) is 73.6 Å². The van der Waals surface area contributed by atoms with Gasteiger partial charge >= 0.3 is 216 Å². The maximum absolute atomic E-state index is 15.1. The maximum atomic E-state index is 15.1. The number of alkyl halides is 20. The molecule has 0 fully saturated rings. The van der Waals surface area contributed by atoms with E-state index in [2.05, 4.69) is 0 Å². The van der Waals surface area contributed by atoms with Crippen LogP contribution in [-0.2, 0) is 14.9 Å². The van der Waals surface area contributed by atoms with Crippen molar-refractivity contribution in [1.82, 2.24) is 0 Å². The summed E-state index contributed by atoms with van der Waals surface area (Å²) in [5.41, 5.74) is -5.65. The third-order valence-corrected chi connectivity index (χ3v) is 11.4. The van der Waals surface area contributed by atoms with Crippen LogP contribution in [0.5, 0.6) is 0 Å². The van der Waals surface area contributed by atoms with Crippen molar-refractivity contribution in [3.8, 4) is 0 Å². The molecule has 2 aromatic carbocycles. The Hall–Kier alpha value is -2.67. The largest absolute Gasteiger partial charge is 0.741 e. The summed E-state index contributed by atoms with van der Waals surface area (Å²) in [4.78, 5) is -6.67. The summed E-state index contributed by atoms with van der Waals surface area (Å²) in [7, 11) is -6.09. The van der Waals surface area contributed by atoms with Gasteiger partial charge in [-0.15, -0.1) is 0 Å². The van der Waals surface area contributed by atoms with Crippen LogP contribution in [0, 0.1) is 11.6 Å². The summed E-state index contributed by atoms with van der Waals surface area (Å²) in [5.74, 6) is -53.2. The first-order valence-corrected chi connectivity index (χ1v) is 14.9. The van der Waals surface area contributed by atoms with Gasteiger partial charge in [0, 0.05) is 0 Å². The molecule has 0 aliphatic heterocycles. The normalized spacial score (nSPS) is 15.1. The molecule has 0 spiro atoms. The number of benzene rings is 2. The van der Waals surface area contributed by atoms with Crippen molar-refractivity contribution in [2.24, 2.45) is 0 Å². The van der Waals surface area contributed by atoms with E-state index >= 15 is 8.78 Å². The molecule has 1 aromatic heterocycles. The van der Waals surface area contributed by atoms with Crippen LogP contribution >= 0.6 is 0 Å². The number of hydrogen-bond donors (Lipinski definition) is 0. The van der Waals surface area contributed by atoms with Crippen molar-refractivity contribution in [3.63, 3.8) is 0 Å². The Morgan fingerprint density at radius 2 is 0.750 bits per heavy atom. The topological polar surface area (TPSA) is 57.2 Å². The molecule has 3 rings (SSSR count). The number of hydrogen-bond acceptors (Lipinski definition) is 3. The second-order valence-corrected chi connectivity index (χ2v) is 14.5. The van der Waals surface area contributed by atoms with Crippen LogP contribution in [0.3, 0.4) is 0 Å². The third kappa shape index (κ3) is 6.04. The monoisotopic (exact) mass is 836 g/mol. The summed E-state index contributed by atoms with van der Waals surface area (Å²) >= 11 is -5.38. The molecule has 27 heteroatoms. The number of fused-ring (bicyclic) bond motifs is 3. The van der Waals surface area contributed by atoms with Gasteiger partial charge in [0.15, 0.2) is 10.1 Å². The van der Waals surface area contributed by atoms with Crippen molar-refractivity contribution in [1.29, 1.82) is 0 Å². The fourth-order valence-electron chi connectivity index (χ4n) is 3.45. The number of halogens is 22.